The van der Waals surface area contributed by atoms with Crippen LogP contribution in [0.3, 0.4) is 0 Å². The lowest BCUT2D eigenvalue weighted by Crippen LogP contribution is -2.18. The monoisotopic (exact) mass is 253 g/mol. The van der Waals surface area contributed by atoms with Crippen molar-refractivity contribution in [1.29, 1.82) is 10.5 Å². The van der Waals surface area contributed by atoms with Crippen molar-refractivity contribution in [3.8, 4) is 12.1 Å². The highest BCUT2D eigenvalue weighted by atomic mass is 14.9. The summed E-state index contributed by atoms with van der Waals surface area (Å²) >= 11 is 0. The van der Waals surface area contributed by atoms with Gasteiger partial charge in [0, 0.05) is 11.7 Å². The summed E-state index contributed by atoms with van der Waals surface area (Å²) < 4.78 is 0. The van der Waals surface area contributed by atoms with Gasteiger partial charge in [-0.05, 0) is 43.4 Å². The van der Waals surface area contributed by atoms with Gasteiger partial charge >= 0.3 is 0 Å². The Morgan fingerprint density at radius 2 is 1.84 bits per heavy atom. The Hall–Kier alpha value is -2.00. The zero-order valence-corrected chi connectivity index (χ0v) is 11.3. The van der Waals surface area contributed by atoms with Gasteiger partial charge in [-0.2, -0.15) is 10.5 Å². The Labute approximate surface area is 114 Å². The molecule has 2 atom stereocenters. The summed E-state index contributed by atoms with van der Waals surface area (Å²) in [7, 11) is 0. The number of hydrogen-bond acceptors (Lipinski definition) is 3. The molecule has 0 aliphatic heterocycles. The summed E-state index contributed by atoms with van der Waals surface area (Å²) in [6.07, 6.45) is 6.21. The Balaban J connectivity index is 2.07. The molecule has 1 aliphatic rings. The molecule has 1 N–H and O–H groups in total. The molecule has 1 aromatic carbocycles. The molecule has 0 amide bonds. The molecule has 0 aromatic heterocycles. The molecule has 1 aliphatic carbocycles. The molecule has 1 fully saturated rings. The van der Waals surface area contributed by atoms with E-state index in [1.807, 2.05) is 12.1 Å². The largest absolute Gasteiger partial charge is 0.382 e. The van der Waals surface area contributed by atoms with Gasteiger partial charge in [0.05, 0.1) is 11.1 Å². The molecule has 0 radical (unpaired) electrons. The third-order valence-corrected chi connectivity index (χ3v) is 3.89. The molecule has 0 spiro atoms. The van der Waals surface area contributed by atoms with Gasteiger partial charge in [-0.1, -0.05) is 19.8 Å². The quantitative estimate of drug-likeness (QED) is 0.815. The number of nitriles is 2. The van der Waals surface area contributed by atoms with Crippen LogP contribution in [0.5, 0.6) is 0 Å². The fourth-order valence-corrected chi connectivity index (χ4v) is 2.69. The predicted molar refractivity (Wildman–Crippen MR) is 75.5 cm³/mol. The SMILES string of the molecule is CC1CCCC(Nc2ccc(C#N)c(C#N)c2)CC1. The summed E-state index contributed by atoms with van der Waals surface area (Å²) in [4.78, 5) is 0. The smallest absolute Gasteiger partial charge is 0.101 e. The number of nitrogens with one attached hydrogen (secondary N) is 1. The first-order valence-corrected chi connectivity index (χ1v) is 6.93. The molecular formula is C16H19N3. The van der Waals surface area contributed by atoms with Gasteiger partial charge in [-0.25, -0.2) is 0 Å². The Bertz CT molecular complexity index is 522. The number of anilines is 1. The summed E-state index contributed by atoms with van der Waals surface area (Å²) in [6, 6.07) is 10.0. The lowest BCUT2D eigenvalue weighted by atomic mass is 10.0. The second kappa shape index (κ2) is 6.25. The Kier molecular flexibility index (Phi) is 4.42. The average Bonchev–Trinajstić information content (AvgIpc) is 2.63. The van der Waals surface area contributed by atoms with Crippen LogP contribution in [0, 0.1) is 28.6 Å². The Morgan fingerprint density at radius 3 is 2.58 bits per heavy atom. The molecule has 3 heteroatoms. The van der Waals surface area contributed by atoms with Crippen molar-refractivity contribution in [3.05, 3.63) is 29.3 Å². The van der Waals surface area contributed by atoms with Gasteiger partial charge in [-0.3, -0.25) is 0 Å². The number of nitrogens with zero attached hydrogens (tertiary/aromatic N) is 2. The molecule has 0 bridgehead atoms. The molecule has 0 heterocycles. The predicted octanol–water partition coefficient (Wildman–Crippen LogP) is 3.81. The van der Waals surface area contributed by atoms with E-state index in [1.165, 1.54) is 32.1 Å². The van der Waals surface area contributed by atoms with E-state index in [0.717, 1.165) is 11.6 Å². The highest BCUT2D eigenvalue weighted by molar-refractivity contribution is 5.56. The minimum Gasteiger partial charge on any atom is -0.382 e. The maximum atomic E-state index is 9.03. The summed E-state index contributed by atoms with van der Waals surface area (Å²) in [5.41, 5.74) is 1.85. The second-order valence-electron chi connectivity index (χ2n) is 5.44. The number of rotatable bonds is 2. The van der Waals surface area contributed by atoms with Gasteiger partial charge in [0.25, 0.3) is 0 Å². The molecule has 0 saturated heterocycles. The minimum atomic E-state index is 0.447. The third kappa shape index (κ3) is 3.48. The van der Waals surface area contributed by atoms with Crippen molar-refractivity contribution in [2.45, 2.75) is 45.1 Å². The lowest BCUT2D eigenvalue weighted by Gasteiger charge is -2.18. The highest BCUT2D eigenvalue weighted by Gasteiger charge is 2.16. The van der Waals surface area contributed by atoms with Crippen LogP contribution in [0.4, 0.5) is 5.69 Å². The van der Waals surface area contributed by atoms with Crippen molar-refractivity contribution in [1.82, 2.24) is 0 Å². The molecule has 2 rings (SSSR count). The van der Waals surface area contributed by atoms with Crippen LogP contribution in [0.15, 0.2) is 18.2 Å². The molecular weight excluding hydrogens is 234 g/mol. The first-order valence-electron chi connectivity index (χ1n) is 6.93. The summed E-state index contributed by atoms with van der Waals surface area (Å²) in [5.74, 6) is 0.822. The minimum absolute atomic E-state index is 0.447. The maximum Gasteiger partial charge on any atom is 0.101 e. The van der Waals surface area contributed by atoms with Crippen LogP contribution in [0.2, 0.25) is 0 Å². The van der Waals surface area contributed by atoms with Crippen molar-refractivity contribution >= 4 is 5.69 Å². The average molecular weight is 253 g/mol. The first kappa shape index (κ1) is 13.4. The van der Waals surface area contributed by atoms with Gasteiger partial charge in [0.2, 0.25) is 0 Å². The van der Waals surface area contributed by atoms with Crippen molar-refractivity contribution in [2.24, 2.45) is 5.92 Å². The van der Waals surface area contributed by atoms with E-state index in [1.54, 1.807) is 12.1 Å². The van der Waals surface area contributed by atoms with E-state index < -0.39 is 0 Å². The van der Waals surface area contributed by atoms with Crippen LogP contribution in [-0.2, 0) is 0 Å². The third-order valence-electron chi connectivity index (χ3n) is 3.89. The van der Waals surface area contributed by atoms with Crippen molar-refractivity contribution in [3.63, 3.8) is 0 Å². The maximum absolute atomic E-state index is 9.03. The fraction of sp³-hybridized carbons (Fsp3) is 0.500. The van der Waals surface area contributed by atoms with Crippen LogP contribution in [-0.4, -0.2) is 6.04 Å². The fourth-order valence-electron chi connectivity index (χ4n) is 2.69. The van der Waals surface area contributed by atoms with Crippen molar-refractivity contribution < 1.29 is 0 Å². The number of benzene rings is 1. The van der Waals surface area contributed by atoms with Gasteiger partial charge in [0.1, 0.15) is 12.1 Å². The van der Waals surface area contributed by atoms with Crippen LogP contribution < -0.4 is 5.32 Å². The molecule has 1 saturated carbocycles. The first-order chi connectivity index (χ1) is 9.22. The second-order valence-corrected chi connectivity index (χ2v) is 5.44. The van der Waals surface area contributed by atoms with Crippen molar-refractivity contribution in [2.75, 3.05) is 5.32 Å². The molecule has 19 heavy (non-hydrogen) atoms. The molecule has 2 unspecified atom stereocenters. The normalized spacial score (nSPS) is 22.9. The molecule has 3 nitrogen and oxygen atoms in total. The van der Waals surface area contributed by atoms with E-state index >= 15 is 0 Å². The standard InChI is InChI=1S/C16H19N3/c1-12-3-2-4-15(7-5-12)19-16-8-6-13(10-17)14(9-16)11-18/h6,8-9,12,15,19H,2-5,7H2,1H3. The zero-order valence-electron chi connectivity index (χ0n) is 11.3. The summed E-state index contributed by atoms with van der Waals surface area (Å²) in [5, 5.41) is 21.4. The van der Waals surface area contributed by atoms with Gasteiger partial charge < -0.3 is 5.32 Å². The molecule has 1 aromatic rings. The topological polar surface area (TPSA) is 59.6 Å². The zero-order chi connectivity index (χ0) is 13.7. The van der Waals surface area contributed by atoms with Gasteiger partial charge in [-0.15, -0.1) is 0 Å². The van der Waals surface area contributed by atoms with E-state index in [9.17, 15) is 0 Å². The van der Waals surface area contributed by atoms with E-state index in [-0.39, 0.29) is 0 Å². The van der Waals surface area contributed by atoms with E-state index in [0.29, 0.717) is 17.2 Å². The van der Waals surface area contributed by atoms with Gasteiger partial charge in [0.15, 0.2) is 0 Å². The highest BCUT2D eigenvalue weighted by Crippen LogP contribution is 2.25. The van der Waals surface area contributed by atoms with Crippen LogP contribution >= 0.6 is 0 Å². The van der Waals surface area contributed by atoms with Crippen LogP contribution in [0.25, 0.3) is 0 Å². The Morgan fingerprint density at radius 1 is 1.05 bits per heavy atom. The van der Waals surface area contributed by atoms with Crippen LogP contribution in [0.1, 0.15) is 50.2 Å². The van der Waals surface area contributed by atoms with E-state index in [2.05, 4.69) is 18.3 Å². The summed E-state index contributed by atoms with van der Waals surface area (Å²) in [6.45, 7) is 2.32. The number of hydrogen-bond donors (Lipinski definition) is 1. The lowest BCUT2D eigenvalue weighted by molar-refractivity contribution is 0.502. The van der Waals surface area contributed by atoms with E-state index in [4.69, 9.17) is 10.5 Å². The molecule has 98 valence electrons.